The molecule has 0 spiro atoms. The maximum absolute atomic E-state index is 13.6. The van der Waals surface area contributed by atoms with Gasteiger partial charge in [0.05, 0.1) is 46.6 Å². The fourth-order valence-corrected chi connectivity index (χ4v) is 5.46. The minimum Gasteiger partial charge on any atom is -0.331 e. The predicted octanol–water partition coefficient (Wildman–Crippen LogP) is 5.10. The fraction of sp³-hybridized carbons (Fsp3) is 0.308. The minimum atomic E-state index is -4.47. The SMILES string of the molecule is C[C@@H]1Cc2nn3c(c2CN1C(=O)c1ccc(Cl)c(Cl)c1)C(=O)N(Cc1cn2ccc(C(F)(F)F)cc2n1)CC3. The molecule has 0 radical (unpaired) electrons. The molecule has 4 aromatic rings. The van der Waals surface area contributed by atoms with Crippen molar-refractivity contribution in [2.75, 3.05) is 6.54 Å². The van der Waals surface area contributed by atoms with Gasteiger partial charge in [-0.1, -0.05) is 23.2 Å². The zero-order valence-corrected chi connectivity index (χ0v) is 22.1. The van der Waals surface area contributed by atoms with Crippen LogP contribution in [0, 0.1) is 0 Å². The van der Waals surface area contributed by atoms with E-state index in [1.54, 1.807) is 32.8 Å². The molecule has 39 heavy (non-hydrogen) atoms. The Morgan fingerprint density at radius 2 is 1.92 bits per heavy atom. The number of carbonyl (C=O) groups is 2. The Morgan fingerprint density at radius 3 is 2.67 bits per heavy atom. The number of carbonyl (C=O) groups excluding carboxylic acids is 2. The van der Waals surface area contributed by atoms with Crippen LogP contribution in [0.25, 0.3) is 5.65 Å². The molecule has 0 saturated heterocycles. The Balaban J connectivity index is 1.25. The number of hydrogen-bond donors (Lipinski definition) is 0. The van der Waals surface area contributed by atoms with Crippen molar-refractivity contribution in [3.05, 3.63) is 86.5 Å². The van der Waals surface area contributed by atoms with Gasteiger partial charge >= 0.3 is 6.18 Å². The molecule has 3 aromatic heterocycles. The van der Waals surface area contributed by atoms with Crippen molar-refractivity contribution in [2.45, 2.75) is 45.2 Å². The molecule has 0 unspecified atom stereocenters. The third-order valence-corrected chi connectivity index (χ3v) is 7.91. The highest BCUT2D eigenvalue weighted by atomic mass is 35.5. The number of amides is 2. The monoisotopic (exact) mass is 576 g/mol. The van der Waals surface area contributed by atoms with Gasteiger partial charge in [-0.05, 0) is 37.3 Å². The summed E-state index contributed by atoms with van der Waals surface area (Å²) in [6, 6.07) is 6.54. The molecule has 8 nitrogen and oxygen atoms in total. The lowest BCUT2D eigenvalue weighted by atomic mass is 9.97. The summed E-state index contributed by atoms with van der Waals surface area (Å²) in [5, 5.41) is 5.29. The average molecular weight is 577 g/mol. The summed E-state index contributed by atoms with van der Waals surface area (Å²) >= 11 is 12.1. The van der Waals surface area contributed by atoms with Crippen LogP contribution in [0.5, 0.6) is 0 Å². The van der Waals surface area contributed by atoms with Crippen LogP contribution in [0.2, 0.25) is 10.0 Å². The van der Waals surface area contributed by atoms with Crippen LogP contribution in [0.4, 0.5) is 13.2 Å². The first-order valence-electron chi connectivity index (χ1n) is 12.2. The van der Waals surface area contributed by atoms with Gasteiger partial charge in [-0.3, -0.25) is 14.3 Å². The van der Waals surface area contributed by atoms with Gasteiger partial charge in [-0.2, -0.15) is 18.3 Å². The van der Waals surface area contributed by atoms with Crippen molar-refractivity contribution in [1.82, 2.24) is 29.0 Å². The van der Waals surface area contributed by atoms with E-state index in [1.165, 1.54) is 16.7 Å². The number of nitrogens with zero attached hydrogens (tertiary/aromatic N) is 6. The summed E-state index contributed by atoms with van der Waals surface area (Å²) in [5.74, 6) is -0.491. The smallest absolute Gasteiger partial charge is 0.331 e. The predicted molar refractivity (Wildman–Crippen MR) is 137 cm³/mol. The van der Waals surface area contributed by atoms with Crippen molar-refractivity contribution in [3.8, 4) is 0 Å². The first-order chi connectivity index (χ1) is 18.5. The molecule has 6 rings (SSSR count). The molecule has 1 atom stereocenters. The van der Waals surface area contributed by atoms with Gasteiger partial charge in [0.1, 0.15) is 11.3 Å². The summed E-state index contributed by atoms with van der Waals surface area (Å²) in [6.45, 7) is 3.09. The van der Waals surface area contributed by atoms with Crippen molar-refractivity contribution >= 4 is 40.7 Å². The third kappa shape index (κ3) is 4.53. The molecule has 0 saturated carbocycles. The van der Waals surface area contributed by atoms with Gasteiger partial charge in [0.15, 0.2) is 0 Å². The second-order valence-corrected chi connectivity index (χ2v) is 10.6. The highest BCUT2D eigenvalue weighted by Gasteiger charge is 2.37. The van der Waals surface area contributed by atoms with E-state index in [-0.39, 0.29) is 41.6 Å². The topological polar surface area (TPSA) is 75.7 Å². The van der Waals surface area contributed by atoms with E-state index < -0.39 is 11.7 Å². The zero-order chi connectivity index (χ0) is 27.6. The maximum atomic E-state index is 13.6. The first-order valence-corrected chi connectivity index (χ1v) is 12.9. The summed E-state index contributed by atoms with van der Waals surface area (Å²) < 4.78 is 42.5. The quantitative estimate of drug-likeness (QED) is 0.340. The lowest BCUT2D eigenvalue weighted by molar-refractivity contribution is -0.137. The minimum absolute atomic E-state index is 0.129. The normalized spacial score (nSPS) is 17.5. The number of benzene rings is 1. The summed E-state index contributed by atoms with van der Waals surface area (Å²) in [5.41, 5.74) is 2.12. The zero-order valence-electron chi connectivity index (χ0n) is 20.5. The number of pyridine rings is 1. The molecular weight excluding hydrogens is 556 g/mol. The van der Waals surface area contributed by atoms with E-state index in [4.69, 9.17) is 23.2 Å². The van der Waals surface area contributed by atoms with E-state index in [0.717, 1.165) is 17.8 Å². The molecule has 0 bridgehead atoms. The number of imidazole rings is 1. The van der Waals surface area contributed by atoms with Crippen LogP contribution >= 0.6 is 23.2 Å². The molecule has 0 fully saturated rings. The second kappa shape index (κ2) is 9.27. The van der Waals surface area contributed by atoms with Gasteiger partial charge < -0.3 is 14.2 Å². The molecule has 5 heterocycles. The molecule has 2 amide bonds. The number of aromatic nitrogens is 4. The first kappa shape index (κ1) is 25.7. The molecule has 2 aliphatic heterocycles. The number of halogens is 5. The van der Waals surface area contributed by atoms with Gasteiger partial charge in [0.25, 0.3) is 11.8 Å². The van der Waals surface area contributed by atoms with Gasteiger partial charge in [-0.15, -0.1) is 0 Å². The summed E-state index contributed by atoms with van der Waals surface area (Å²) in [6.07, 6.45) is -1.06. The molecule has 1 aromatic carbocycles. The fourth-order valence-electron chi connectivity index (χ4n) is 5.16. The van der Waals surface area contributed by atoms with E-state index in [2.05, 4.69) is 10.1 Å². The number of rotatable bonds is 3. The second-order valence-electron chi connectivity index (χ2n) is 9.75. The molecule has 202 valence electrons. The Morgan fingerprint density at radius 1 is 1.13 bits per heavy atom. The van der Waals surface area contributed by atoms with Crippen LogP contribution in [-0.4, -0.2) is 53.4 Å². The Kier molecular flexibility index (Phi) is 6.11. The standard InChI is InChI=1S/C26H21Cl2F3N6O2/c1-14-8-21-18(13-36(14)24(38)15-2-3-19(27)20(28)9-15)23-25(39)35(6-7-37(23)33-21)12-17-11-34-5-4-16(26(29,30)31)10-22(34)32-17/h2-5,9-11,14H,6-8,12-13H2,1H3/t14-/m1/s1. The Labute approximate surface area is 230 Å². The highest BCUT2D eigenvalue weighted by Crippen LogP contribution is 2.32. The molecule has 2 aliphatic rings. The van der Waals surface area contributed by atoms with E-state index in [9.17, 15) is 22.8 Å². The number of alkyl halides is 3. The van der Waals surface area contributed by atoms with Crippen molar-refractivity contribution in [2.24, 2.45) is 0 Å². The lowest BCUT2D eigenvalue weighted by Crippen LogP contribution is -2.44. The van der Waals surface area contributed by atoms with Crippen LogP contribution in [0.1, 0.15) is 50.3 Å². The van der Waals surface area contributed by atoms with E-state index in [1.807, 2.05) is 6.92 Å². The van der Waals surface area contributed by atoms with E-state index in [0.29, 0.717) is 47.0 Å². The molecule has 13 heteroatoms. The van der Waals surface area contributed by atoms with Gasteiger partial charge in [-0.25, -0.2) is 4.98 Å². The number of fused-ring (bicyclic) bond motifs is 4. The molecular formula is C26H21Cl2F3N6O2. The Bertz CT molecular complexity index is 1650. The third-order valence-electron chi connectivity index (χ3n) is 7.17. The molecule has 0 N–H and O–H groups in total. The molecule has 0 aliphatic carbocycles. The number of hydrogen-bond acceptors (Lipinski definition) is 4. The summed E-state index contributed by atoms with van der Waals surface area (Å²) in [4.78, 5) is 34.6. The lowest BCUT2D eigenvalue weighted by Gasteiger charge is -2.34. The maximum Gasteiger partial charge on any atom is 0.416 e. The van der Waals surface area contributed by atoms with Crippen molar-refractivity contribution in [1.29, 1.82) is 0 Å². The highest BCUT2D eigenvalue weighted by molar-refractivity contribution is 6.42. The van der Waals surface area contributed by atoms with Crippen molar-refractivity contribution in [3.63, 3.8) is 0 Å². The van der Waals surface area contributed by atoms with Crippen LogP contribution in [0.15, 0.2) is 42.7 Å². The van der Waals surface area contributed by atoms with Crippen molar-refractivity contribution < 1.29 is 22.8 Å². The van der Waals surface area contributed by atoms with Crippen LogP contribution in [0.3, 0.4) is 0 Å². The van der Waals surface area contributed by atoms with Gasteiger partial charge in [0, 0.05) is 42.5 Å². The van der Waals surface area contributed by atoms with Crippen LogP contribution in [-0.2, 0) is 32.2 Å². The Hall–Kier alpha value is -3.57. The average Bonchev–Trinajstić information content (AvgIpc) is 3.45. The summed E-state index contributed by atoms with van der Waals surface area (Å²) in [7, 11) is 0. The van der Waals surface area contributed by atoms with Crippen LogP contribution < -0.4 is 0 Å². The van der Waals surface area contributed by atoms with Gasteiger partial charge in [0.2, 0.25) is 0 Å². The van der Waals surface area contributed by atoms with E-state index >= 15 is 0 Å². The largest absolute Gasteiger partial charge is 0.416 e.